The van der Waals surface area contributed by atoms with E-state index in [4.69, 9.17) is 0 Å². The number of nitrogens with zero attached hydrogens (tertiary/aromatic N) is 1. The van der Waals surface area contributed by atoms with Crippen molar-refractivity contribution in [3.63, 3.8) is 0 Å². The minimum Gasteiger partial charge on any atom is -0.345 e. The minimum absolute atomic E-state index is 0.227. The summed E-state index contributed by atoms with van der Waals surface area (Å²) in [7, 11) is 3.20. The van der Waals surface area contributed by atoms with E-state index in [1.165, 1.54) is 23.2 Å². The average Bonchev–Trinajstić information content (AvgIpc) is 2.15. The number of nitrogens with one attached hydrogen (secondary N) is 2. The van der Waals surface area contributed by atoms with Crippen LogP contribution >= 0.6 is 0 Å². The maximum atomic E-state index is 11.2. The zero-order chi connectivity index (χ0) is 11.4. The molecule has 0 saturated carbocycles. The summed E-state index contributed by atoms with van der Waals surface area (Å²) in [6, 6.07) is 0. The molecule has 6 heteroatoms. The van der Waals surface area contributed by atoms with Gasteiger partial charge in [0, 0.05) is 26.4 Å². The molecule has 0 radical (unpaired) electrons. The molecular formula is C9H11N3O3. The Labute approximate surface area is 85.3 Å². The van der Waals surface area contributed by atoms with Crippen molar-refractivity contribution in [1.82, 2.24) is 14.9 Å². The number of H-pyrrole nitrogens is 2. The van der Waals surface area contributed by atoms with Gasteiger partial charge in [-0.2, -0.15) is 0 Å². The molecule has 0 aliphatic rings. The van der Waals surface area contributed by atoms with Crippen molar-refractivity contribution in [3.8, 4) is 0 Å². The largest absolute Gasteiger partial charge is 0.345 e. The van der Waals surface area contributed by atoms with Gasteiger partial charge in [-0.05, 0) is 6.08 Å². The van der Waals surface area contributed by atoms with Crippen LogP contribution in [0.25, 0.3) is 6.08 Å². The highest BCUT2D eigenvalue weighted by atomic mass is 16.2. The molecule has 0 aliphatic heterocycles. The summed E-state index contributed by atoms with van der Waals surface area (Å²) in [6.45, 7) is 0. The first-order chi connectivity index (χ1) is 7.00. The smallest absolute Gasteiger partial charge is 0.325 e. The SMILES string of the molecule is CN(C)C(=O)/C=C/c1c[nH]c(=O)[nH]c1=O. The third kappa shape index (κ3) is 2.94. The van der Waals surface area contributed by atoms with E-state index >= 15 is 0 Å². The van der Waals surface area contributed by atoms with Crippen LogP contribution in [-0.4, -0.2) is 34.9 Å². The lowest BCUT2D eigenvalue weighted by Crippen LogP contribution is -2.23. The fourth-order valence-corrected chi connectivity index (χ4v) is 0.854. The molecule has 15 heavy (non-hydrogen) atoms. The van der Waals surface area contributed by atoms with Gasteiger partial charge in [-0.15, -0.1) is 0 Å². The Morgan fingerprint density at radius 3 is 2.60 bits per heavy atom. The minimum atomic E-state index is -0.573. The van der Waals surface area contributed by atoms with Crippen molar-refractivity contribution in [2.24, 2.45) is 0 Å². The Balaban J connectivity index is 2.96. The number of carbonyl (C=O) groups excluding carboxylic acids is 1. The second-order valence-corrected chi connectivity index (χ2v) is 3.09. The molecule has 1 aromatic heterocycles. The molecule has 1 aromatic rings. The number of aromatic amines is 2. The zero-order valence-corrected chi connectivity index (χ0v) is 8.40. The summed E-state index contributed by atoms with van der Waals surface area (Å²) in [5.74, 6) is -0.236. The predicted molar refractivity (Wildman–Crippen MR) is 55.4 cm³/mol. The van der Waals surface area contributed by atoms with Gasteiger partial charge < -0.3 is 9.88 Å². The van der Waals surface area contributed by atoms with E-state index < -0.39 is 11.2 Å². The summed E-state index contributed by atoms with van der Waals surface area (Å²) in [6.07, 6.45) is 3.85. The number of likely N-dealkylation sites (N-methyl/N-ethyl adjacent to an activating group) is 1. The van der Waals surface area contributed by atoms with Crippen molar-refractivity contribution < 1.29 is 4.79 Å². The van der Waals surface area contributed by atoms with Crippen LogP contribution in [0.15, 0.2) is 21.9 Å². The van der Waals surface area contributed by atoms with Gasteiger partial charge in [0.25, 0.3) is 5.56 Å². The zero-order valence-electron chi connectivity index (χ0n) is 8.40. The molecule has 0 unspecified atom stereocenters. The van der Waals surface area contributed by atoms with Crippen LogP contribution < -0.4 is 11.2 Å². The first-order valence-corrected chi connectivity index (χ1v) is 4.22. The van der Waals surface area contributed by atoms with E-state index in [0.717, 1.165) is 0 Å². The van der Waals surface area contributed by atoms with E-state index in [1.54, 1.807) is 14.1 Å². The predicted octanol–water partition coefficient (Wildman–Crippen LogP) is -0.835. The lowest BCUT2D eigenvalue weighted by molar-refractivity contribution is -0.123. The first-order valence-electron chi connectivity index (χ1n) is 4.22. The summed E-state index contributed by atoms with van der Waals surface area (Å²) in [5, 5.41) is 0. The van der Waals surface area contributed by atoms with Gasteiger partial charge >= 0.3 is 5.69 Å². The fraction of sp³-hybridized carbons (Fsp3) is 0.222. The van der Waals surface area contributed by atoms with Gasteiger partial charge in [0.15, 0.2) is 0 Å². The number of aromatic nitrogens is 2. The number of rotatable bonds is 2. The number of carbonyl (C=O) groups is 1. The molecule has 80 valence electrons. The van der Waals surface area contributed by atoms with Crippen molar-refractivity contribution in [2.75, 3.05) is 14.1 Å². The molecule has 1 rings (SSSR count). The molecule has 0 spiro atoms. The van der Waals surface area contributed by atoms with Gasteiger partial charge in [-0.25, -0.2) is 4.79 Å². The highest BCUT2D eigenvalue weighted by molar-refractivity contribution is 5.91. The molecule has 6 nitrogen and oxygen atoms in total. The Morgan fingerprint density at radius 2 is 2.07 bits per heavy atom. The average molecular weight is 209 g/mol. The Morgan fingerprint density at radius 1 is 1.40 bits per heavy atom. The lowest BCUT2D eigenvalue weighted by Gasteiger charge is -2.04. The van der Waals surface area contributed by atoms with Crippen LogP contribution in [0.3, 0.4) is 0 Å². The summed E-state index contributed by atoms with van der Waals surface area (Å²) >= 11 is 0. The second kappa shape index (κ2) is 4.41. The fourth-order valence-electron chi connectivity index (χ4n) is 0.854. The summed E-state index contributed by atoms with van der Waals surface area (Å²) in [4.78, 5) is 38.7. The number of amides is 1. The quantitative estimate of drug-likeness (QED) is 0.623. The third-order valence-corrected chi connectivity index (χ3v) is 1.69. The van der Waals surface area contributed by atoms with E-state index in [2.05, 4.69) is 4.98 Å². The monoisotopic (exact) mass is 209 g/mol. The molecule has 2 N–H and O–H groups in total. The molecule has 1 heterocycles. The van der Waals surface area contributed by atoms with E-state index in [1.807, 2.05) is 4.98 Å². The van der Waals surface area contributed by atoms with Gasteiger partial charge in [-0.1, -0.05) is 0 Å². The highest BCUT2D eigenvalue weighted by Crippen LogP contribution is 1.91. The van der Waals surface area contributed by atoms with Crippen molar-refractivity contribution in [1.29, 1.82) is 0 Å². The third-order valence-electron chi connectivity index (χ3n) is 1.69. The lowest BCUT2D eigenvalue weighted by atomic mass is 10.3. The van der Waals surface area contributed by atoms with Crippen LogP contribution in [-0.2, 0) is 4.79 Å². The van der Waals surface area contributed by atoms with Gasteiger partial charge in [0.2, 0.25) is 5.91 Å². The van der Waals surface area contributed by atoms with Gasteiger partial charge in [-0.3, -0.25) is 14.6 Å². The highest BCUT2D eigenvalue weighted by Gasteiger charge is 1.99. The summed E-state index contributed by atoms with van der Waals surface area (Å²) < 4.78 is 0. The van der Waals surface area contributed by atoms with Crippen LogP contribution in [0.4, 0.5) is 0 Å². The molecule has 0 bridgehead atoms. The molecule has 0 aliphatic carbocycles. The standard InChI is InChI=1S/C9H11N3O3/c1-12(2)7(13)4-3-6-5-10-9(15)11-8(6)14/h3-5H,1-2H3,(H2,10,11,14,15)/b4-3+. The molecular weight excluding hydrogens is 198 g/mol. The Bertz CT molecular complexity index is 496. The van der Waals surface area contributed by atoms with Crippen molar-refractivity contribution >= 4 is 12.0 Å². The van der Waals surface area contributed by atoms with Crippen molar-refractivity contribution in [2.45, 2.75) is 0 Å². The Hall–Kier alpha value is -2.11. The normalized spacial score (nSPS) is 10.5. The van der Waals surface area contributed by atoms with Crippen molar-refractivity contribution in [3.05, 3.63) is 38.7 Å². The van der Waals surface area contributed by atoms with Crippen LogP contribution in [0.1, 0.15) is 5.56 Å². The van der Waals surface area contributed by atoms with E-state index in [-0.39, 0.29) is 11.5 Å². The van der Waals surface area contributed by atoms with Gasteiger partial charge in [0.1, 0.15) is 0 Å². The molecule has 1 amide bonds. The van der Waals surface area contributed by atoms with Crippen LogP contribution in [0, 0.1) is 0 Å². The molecule has 0 aromatic carbocycles. The maximum absolute atomic E-state index is 11.2. The van der Waals surface area contributed by atoms with Crippen LogP contribution in [0.2, 0.25) is 0 Å². The van der Waals surface area contributed by atoms with E-state index in [0.29, 0.717) is 0 Å². The number of hydrogen-bond donors (Lipinski definition) is 2. The molecule has 0 atom stereocenters. The topological polar surface area (TPSA) is 86.0 Å². The summed E-state index contributed by atoms with van der Waals surface area (Å²) in [5.41, 5.74) is -0.873. The maximum Gasteiger partial charge on any atom is 0.325 e. The molecule has 0 fully saturated rings. The molecule has 0 saturated heterocycles. The van der Waals surface area contributed by atoms with Gasteiger partial charge in [0.05, 0.1) is 5.56 Å². The first kappa shape index (κ1) is 11.0. The van der Waals surface area contributed by atoms with Crippen LogP contribution in [0.5, 0.6) is 0 Å². The second-order valence-electron chi connectivity index (χ2n) is 3.09. The Kier molecular flexibility index (Phi) is 3.22. The van der Waals surface area contributed by atoms with E-state index in [9.17, 15) is 14.4 Å². The number of hydrogen-bond acceptors (Lipinski definition) is 3.